The maximum Gasteiger partial charge on any atom is 0.256 e. The molecule has 1 fully saturated rings. The van der Waals surface area contributed by atoms with Crippen LogP contribution in [-0.4, -0.2) is 61.8 Å². The fraction of sp³-hybridized carbons (Fsp3) is 0.355. The van der Waals surface area contributed by atoms with Gasteiger partial charge in [0.25, 0.3) is 5.91 Å². The van der Waals surface area contributed by atoms with Gasteiger partial charge in [-0.1, -0.05) is 25.5 Å². The van der Waals surface area contributed by atoms with Crippen molar-refractivity contribution in [2.24, 2.45) is 0 Å². The van der Waals surface area contributed by atoms with Crippen molar-refractivity contribution in [3.8, 4) is 11.3 Å². The number of nitrogens with zero attached hydrogens (tertiary/aromatic N) is 5. The number of aryl methyl sites for hydroxylation is 2. The molecule has 4 N–H and O–H groups in total. The van der Waals surface area contributed by atoms with Gasteiger partial charge in [0.15, 0.2) is 0 Å². The normalized spacial score (nSPS) is 16.5. The maximum atomic E-state index is 13.1. The van der Waals surface area contributed by atoms with Gasteiger partial charge in [0.2, 0.25) is 0 Å². The number of amides is 1. The highest BCUT2D eigenvalue weighted by atomic mass is 16.5. The molecule has 0 bridgehead atoms. The third-order valence-electron chi connectivity index (χ3n) is 7.46. The van der Waals surface area contributed by atoms with Gasteiger partial charge in [-0.25, -0.2) is 15.0 Å². The summed E-state index contributed by atoms with van der Waals surface area (Å²) < 4.78 is 7.06. The zero-order valence-electron chi connectivity index (χ0n) is 23.7. The van der Waals surface area contributed by atoms with Crippen LogP contribution in [-0.2, 0) is 11.2 Å². The van der Waals surface area contributed by atoms with Crippen molar-refractivity contribution in [1.29, 1.82) is 0 Å². The van der Waals surface area contributed by atoms with E-state index in [1.54, 1.807) is 31.6 Å². The largest absolute Gasteiger partial charge is 0.382 e. The molecule has 10 nitrogen and oxygen atoms in total. The van der Waals surface area contributed by atoms with Crippen LogP contribution in [0.1, 0.15) is 59.5 Å². The standard InChI is InChI=1S/C31H37N7O3/c1-4-7-21-12-13-33-25(19-21)35-31(40)22-10-11-23(20(2)18-22)27-28-29(32)34-14-16-38(28)30(36-27)24-8-5-15-37(24)26(39)9-6-17-41-3/h6,9-14,16,18-19,24,26,39H,4-5,7-8,15,17H2,1-3H3,(H2,32,34)(H,33,35,40)/b9-6+/t24-,26?/m0/s1. The predicted molar refractivity (Wildman–Crippen MR) is 159 cm³/mol. The molecule has 0 saturated carbocycles. The highest BCUT2D eigenvalue weighted by molar-refractivity contribution is 6.04. The number of anilines is 2. The van der Waals surface area contributed by atoms with Crippen LogP contribution in [0.4, 0.5) is 11.6 Å². The summed E-state index contributed by atoms with van der Waals surface area (Å²) in [6, 6.07) is 9.31. The lowest BCUT2D eigenvalue weighted by Crippen LogP contribution is -2.34. The van der Waals surface area contributed by atoms with Gasteiger partial charge >= 0.3 is 0 Å². The van der Waals surface area contributed by atoms with Gasteiger partial charge in [-0.2, -0.15) is 0 Å². The lowest BCUT2D eigenvalue weighted by Gasteiger charge is -2.26. The lowest BCUT2D eigenvalue weighted by molar-refractivity contribution is 0.0286. The van der Waals surface area contributed by atoms with Gasteiger partial charge in [-0.05, 0) is 67.7 Å². The molecule has 0 aliphatic carbocycles. The van der Waals surface area contributed by atoms with Crippen molar-refractivity contribution in [2.75, 3.05) is 31.3 Å². The van der Waals surface area contributed by atoms with Crippen LogP contribution in [0, 0.1) is 6.92 Å². The Morgan fingerprint density at radius 1 is 1.27 bits per heavy atom. The first-order chi connectivity index (χ1) is 19.9. The number of pyridine rings is 1. The van der Waals surface area contributed by atoms with E-state index in [0.717, 1.165) is 54.7 Å². The first-order valence-electron chi connectivity index (χ1n) is 14.0. The summed E-state index contributed by atoms with van der Waals surface area (Å²) in [6.45, 7) is 5.25. The first-order valence-corrected chi connectivity index (χ1v) is 14.0. The number of ether oxygens (including phenoxy) is 1. The molecule has 5 rings (SSSR count). The van der Waals surface area contributed by atoms with Crippen LogP contribution >= 0.6 is 0 Å². The summed E-state index contributed by atoms with van der Waals surface area (Å²) in [7, 11) is 1.62. The summed E-state index contributed by atoms with van der Waals surface area (Å²) >= 11 is 0. The van der Waals surface area contributed by atoms with Crippen molar-refractivity contribution in [2.45, 2.75) is 51.8 Å². The number of fused-ring (bicyclic) bond motifs is 1. The number of hydrogen-bond donors (Lipinski definition) is 3. The van der Waals surface area contributed by atoms with Crippen LogP contribution in [0.3, 0.4) is 0 Å². The molecule has 214 valence electrons. The van der Waals surface area contributed by atoms with Crippen LogP contribution in [0.25, 0.3) is 16.8 Å². The quantitative estimate of drug-likeness (QED) is 0.243. The van der Waals surface area contributed by atoms with Crippen LogP contribution in [0.2, 0.25) is 0 Å². The Kier molecular flexibility index (Phi) is 8.72. The Morgan fingerprint density at radius 3 is 2.90 bits per heavy atom. The third-order valence-corrected chi connectivity index (χ3v) is 7.46. The monoisotopic (exact) mass is 555 g/mol. The second-order valence-corrected chi connectivity index (χ2v) is 10.3. The number of nitrogen functional groups attached to an aromatic ring is 1. The third kappa shape index (κ3) is 6.00. The fourth-order valence-electron chi connectivity index (χ4n) is 5.52. The van der Waals surface area contributed by atoms with Gasteiger partial charge in [0, 0.05) is 43.4 Å². The number of carbonyl (C=O) groups is 1. The van der Waals surface area contributed by atoms with Crippen molar-refractivity contribution in [1.82, 2.24) is 24.3 Å². The van der Waals surface area contributed by atoms with Crippen LogP contribution in [0.15, 0.2) is 61.1 Å². The molecular formula is C31H37N7O3. The number of carbonyl (C=O) groups excluding carboxylic acids is 1. The van der Waals surface area contributed by atoms with Gasteiger partial charge in [-0.3, -0.25) is 14.1 Å². The minimum atomic E-state index is -0.760. The number of nitrogens with one attached hydrogen (secondary N) is 1. The molecule has 1 aromatic carbocycles. The Labute approximate surface area is 239 Å². The van der Waals surface area contributed by atoms with Crippen molar-refractivity contribution < 1.29 is 14.6 Å². The van der Waals surface area contributed by atoms with Gasteiger partial charge < -0.3 is 20.9 Å². The summed E-state index contributed by atoms with van der Waals surface area (Å²) in [4.78, 5) is 28.8. The fourth-order valence-corrected chi connectivity index (χ4v) is 5.52. The topological polar surface area (TPSA) is 131 Å². The minimum Gasteiger partial charge on any atom is -0.382 e. The average molecular weight is 556 g/mol. The van der Waals surface area contributed by atoms with E-state index in [1.165, 1.54) is 0 Å². The lowest BCUT2D eigenvalue weighted by atomic mass is 10.0. The van der Waals surface area contributed by atoms with Crippen LogP contribution in [0.5, 0.6) is 0 Å². The number of likely N-dealkylation sites (tertiary alicyclic amines) is 1. The first kappa shape index (κ1) is 28.4. The summed E-state index contributed by atoms with van der Waals surface area (Å²) in [5.41, 5.74) is 11.2. The second kappa shape index (κ2) is 12.6. The van der Waals surface area contributed by atoms with E-state index in [4.69, 9.17) is 15.5 Å². The number of rotatable bonds is 10. The molecule has 3 aromatic heterocycles. The molecule has 1 aliphatic rings. The van der Waals surface area contributed by atoms with Gasteiger partial charge in [-0.15, -0.1) is 0 Å². The van der Waals surface area contributed by atoms with Crippen molar-refractivity contribution >= 4 is 23.1 Å². The van der Waals surface area contributed by atoms with E-state index < -0.39 is 6.23 Å². The molecule has 4 aromatic rings. The number of imidazole rings is 1. The Morgan fingerprint density at radius 2 is 2.12 bits per heavy atom. The molecule has 1 saturated heterocycles. The molecule has 41 heavy (non-hydrogen) atoms. The van der Waals surface area contributed by atoms with Gasteiger partial charge in [0.05, 0.1) is 12.6 Å². The van der Waals surface area contributed by atoms with E-state index in [1.807, 2.05) is 52.8 Å². The molecule has 0 radical (unpaired) electrons. The highest BCUT2D eigenvalue weighted by Crippen LogP contribution is 2.38. The summed E-state index contributed by atoms with van der Waals surface area (Å²) in [6.07, 6.45) is 11.8. The second-order valence-electron chi connectivity index (χ2n) is 10.3. The number of aromatic nitrogens is 4. The smallest absolute Gasteiger partial charge is 0.256 e. The SMILES string of the molecule is CCCc1ccnc(NC(=O)c2ccc(-c3nc([C@@H]4CCCN4C(O)/C=C/COC)n4ccnc(N)c34)c(C)c2)c1. The van der Waals surface area contributed by atoms with Crippen LogP contribution < -0.4 is 11.1 Å². The Bertz CT molecular complexity index is 1560. The number of hydrogen-bond acceptors (Lipinski definition) is 8. The van der Waals surface area contributed by atoms with E-state index in [0.29, 0.717) is 35.0 Å². The molecule has 4 heterocycles. The molecule has 2 atom stereocenters. The molecule has 1 unspecified atom stereocenters. The number of aliphatic hydroxyl groups excluding tert-OH is 1. The summed E-state index contributed by atoms with van der Waals surface area (Å²) in [5, 5.41) is 13.8. The minimum absolute atomic E-state index is 0.110. The number of methoxy groups -OCH3 is 1. The van der Waals surface area contributed by atoms with Gasteiger partial charge in [0.1, 0.15) is 34.9 Å². The van der Waals surface area contributed by atoms with E-state index >= 15 is 0 Å². The number of benzene rings is 1. The Hall–Kier alpha value is -4.12. The van der Waals surface area contributed by atoms with Crippen molar-refractivity contribution in [3.05, 3.63) is 83.6 Å². The highest BCUT2D eigenvalue weighted by Gasteiger charge is 2.34. The van der Waals surface area contributed by atoms with Crippen molar-refractivity contribution in [3.63, 3.8) is 0 Å². The average Bonchev–Trinajstić information content (AvgIpc) is 3.59. The van der Waals surface area contributed by atoms with E-state index in [2.05, 4.69) is 22.2 Å². The number of nitrogens with two attached hydrogens (primary N) is 1. The molecule has 1 aliphatic heterocycles. The van der Waals surface area contributed by atoms with E-state index in [-0.39, 0.29) is 11.9 Å². The molecule has 10 heteroatoms. The predicted octanol–water partition coefficient (Wildman–Crippen LogP) is 4.54. The summed E-state index contributed by atoms with van der Waals surface area (Å²) in [5.74, 6) is 1.46. The molecular weight excluding hydrogens is 518 g/mol. The zero-order chi connectivity index (χ0) is 28.9. The van der Waals surface area contributed by atoms with E-state index in [9.17, 15) is 9.90 Å². The molecule has 0 spiro atoms. The Balaban J connectivity index is 1.46. The maximum absolute atomic E-state index is 13.1. The number of aliphatic hydroxyl groups is 1. The zero-order valence-corrected chi connectivity index (χ0v) is 23.7. The molecule has 1 amide bonds.